The van der Waals surface area contributed by atoms with Gasteiger partial charge in [0.2, 0.25) is 11.8 Å². The number of carbonyl (C=O) groups excluding carboxylic acids is 2. The maximum Gasteiger partial charge on any atom is 0.229 e. The highest BCUT2D eigenvalue weighted by atomic mass is 16.5. The van der Waals surface area contributed by atoms with Crippen molar-refractivity contribution in [2.24, 2.45) is 11.3 Å². The Labute approximate surface area is 253 Å². The number of fused-ring (bicyclic) bond motifs is 1. The van der Waals surface area contributed by atoms with E-state index >= 15 is 0 Å². The van der Waals surface area contributed by atoms with Gasteiger partial charge in [0.05, 0.1) is 25.0 Å². The highest BCUT2D eigenvalue weighted by Crippen LogP contribution is 2.69. The molecule has 1 N–H and O–H groups in total. The topological polar surface area (TPSA) is 58.6 Å². The Morgan fingerprint density at radius 2 is 1.58 bits per heavy atom. The summed E-state index contributed by atoms with van der Waals surface area (Å²) in [7, 11) is 1.64. The van der Waals surface area contributed by atoms with Crippen LogP contribution in [0.4, 0.5) is 0 Å². The van der Waals surface area contributed by atoms with E-state index in [1.54, 1.807) is 7.11 Å². The van der Waals surface area contributed by atoms with Gasteiger partial charge in [-0.05, 0) is 48.1 Å². The second-order valence-electron chi connectivity index (χ2n) is 12.5. The Kier molecular flexibility index (Phi) is 6.84. The summed E-state index contributed by atoms with van der Waals surface area (Å²) in [5.74, 6) is 0.784. The molecule has 3 aliphatic carbocycles. The minimum Gasteiger partial charge on any atom is -0.496 e. The largest absolute Gasteiger partial charge is 0.496 e. The number of hydrogen-bond donors (Lipinski definition) is 1. The molecule has 2 amide bonds. The predicted octanol–water partition coefficient (Wildman–Crippen LogP) is 6.44. The average Bonchev–Trinajstić information content (AvgIpc) is 3.50. The zero-order valence-corrected chi connectivity index (χ0v) is 24.8. The second kappa shape index (κ2) is 10.7. The van der Waals surface area contributed by atoms with Crippen LogP contribution in [0.1, 0.15) is 59.5 Å². The highest BCUT2D eigenvalue weighted by molar-refractivity contribution is 5.89. The van der Waals surface area contributed by atoms with E-state index in [9.17, 15) is 9.59 Å². The normalized spacial score (nSPS) is 25.9. The fourth-order valence-corrected chi connectivity index (χ4v) is 8.68. The monoisotopic (exact) mass is 570 g/mol. The first-order valence-electron chi connectivity index (χ1n) is 15.4. The van der Waals surface area contributed by atoms with Gasteiger partial charge in [0, 0.05) is 35.9 Å². The van der Waals surface area contributed by atoms with Crippen molar-refractivity contribution in [3.05, 3.63) is 137 Å². The van der Waals surface area contributed by atoms with E-state index in [1.165, 1.54) is 16.7 Å². The van der Waals surface area contributed by atoms with Gasteiger partial charge in [-0.3, -0.25) is 9.59 Å². The van der Waals surface area contributed by atoms with Crippen LogP contribution in [0.3, 0.4) is 0 Å². The van der Waals surface area contributed by atoms with Crippen molar-refractivity contribution in [2.75, 3.05) is 20.2 Å². The Balaban J connectivity index is 1.34. The SMILES string of the molecule is COc1ccccc1CC(=O)N1C[C@@H]2[C@@]3(c4ccccc4)CC[C@H](c4ccccc43)[C@]2(C(=O)N[C@H](C)c2ccccc2)C1. The molecule has 5 nitrogen and oxygen atoms in total. The minimum absolute atomic E-state index is 0.0336. The van der Waals surface area contributed by atoms with Crippen LogP contribution in [-0.2, 0) is 21.4 Å². The lowest BCUT2D eigenvalue weighted by Gasteiger charge is -2.60. The van der Waals surface area contributed by atoms with Crippen molar-refractivity contribution in [2.45, 2.75) is 43.6 Å². The second-order valence-corrected chi connectivity index (χ2v) is 12.5. The summed E-state index contributed by atoms with van der Waals surface area (Å²) in [5.41, 5.74) is 4.64. The van der Waals surface area contributed by atoms with Gasteiger partial charge in [-0.15, -0.1) is 0 Å². The predicted molar refractivity (Wildman–Crippen MR) is 168 cm³/mol. The van der Waals surface area contributed by atoms with Crippen LogP contribution in [0.2, 0.25) is 0 Å². The van der Waals surface area contributed by atoms with Crippen LogP contribution >= 0.6 is 0 Å². The van der Waals surface area contributed by atoms with Crippen molar-refractivity contribution in [1.29, 1.82) is 0 Å². The Hall–Kier alpha value is -4.38. The molecule has 4 aromatic rings. The van der Waals surface area contributed by atoms with Gasteiger partial charge in [-0.2, -0.15) is 0 Å². The van der Waals surface area contributed by atoms with E-state index in [0.717, 1.165) is 24.0 Å². The number of nitrogens with zero attached hydrogens (tertiary/aromatic N) is 1. The molecule has 4 aliphatic rings. The van der Waals surface area contributed by atoms with Crippen LogP contribution < -0.4 is 10.1 Å². The summed E-state index contributed by atoms with van der Waals surface area (Å²) in [6, 6.07) is 37.1. The molecule has 5 heteroatoms. The van der Waals surface area contributed by atoms with Crippen LogP contribution in [-0.4, -0.2) is 36.9 Å². The summed E-state index contributed by atoms with van der Waals surface area (Å²) in [6.45, 7) is 3.01. The van der Waals surface area contributed by atoms with Crippen LogP contribution in [0.5, 0.6) is 5.75 Å². The number of para-hydroxylation sites is 1. The highest BCUT2D eigenvalue weighted by Gasteiger charge is 2.70. The van der Waals surface area contributed by atoms with Crippen molar-refractivity contribution < 1.29 is 14.3 Å². The average molecular weight is 571 g/mol. The molecule has 43 heavy (non-hydrogen) atoms. The molecule has 218 valence electrons. The van der Waals surface area contributed by atoms with Gasteiger partial charge in [0.15, 0.2) is 0 Å². The molecular weight excluding hydrogens is 532 g/mol. The van der Waals surface area contributed by atoms with Crippen molar-refractivity contribution >= 4 is 11.8 Å². The summed E-state index contributed by atoms with van der Waals surface area (Å²) >= 11 is 0. The van der Waals surface area contributed by atoms with E-state index in [0.29, 0.717) is 18.8 Å². The molecule has 0 aromatic heterocycles. The smallest absolute Gasteiger partial charge is 0.229 e. The van der Waals surface area contributed by atoms with Crippen molar-refractivity contribution in [1.82, 2.24) is 10.2 Å². The van der Waals surface area contributed by atoms with Crippen molar-refractivity contribution in [3.63, 3.8) is 0 Å². The van der Waals surface area contributed by atoms with Gasteiger partial charge in [-0.25, -0.2) is 0 Å². The van der Waals surface area contributed by atoms with E-state index < -0.39 is 5.41 Å². The van der Waals surface area contributed by atoms with Gasteiger partial charge in [0.1, 0.15) is 5.75 Å². The molecule has 0 spiro atoms. The number of rotatable bonds is 7. The summed E-state index contributed by atoms with van der Waals surface area (Å²) in [4.78, 5) is 31.0. The fourth-order valence-electron chi connectivity index (χ4n) is 8.68. The van der Waals surface area contributed by atoms with Crippen molar-refractivity contribution in [3.8, 4) is 5.75 Å². The zero-order valence-electron chi connectivity index (χ0n) is 24.8. The summed E-state index contributed by atoms with van der Waals surface area (Å²) in [6.07, 6.45) is 2.11. The number of amides is 2. The number of benzene rings is 4. The van der Waals surface area contributed by atoms with Crippen LogP contribution in [0.15, 0.2) is 109 Å². The molecule has 1 saturated carbocycles. The van der Waals surface area contributed by atoms with Gasteiger partial charge < -0.3 is 15.0 Å². The lowest BCUT2D eigenvalue weighted by atomic mass is 9.42. The first-order valence-corrected chi connectivity index (χ1v) is 15.4. The minimum atomic E-state index is -0.748. The molecule has 0 radical (unpaired) electrons. The van der Waals surface area contributed by atoms with E-state index in [1.807, 2.05) is 47.4 Å². The molecule has 1 heterocycles. The third-order valence-corrected chi connectivity index (χ3v) is 10.6. The maximum absolute atomic E-state index is 14.9. The fraction of sp³-hybridized carbons (Fsp3) is 0.316. The third-order valence-electron chi connectivity index (χ3n) is 10.6. The maximum atomic E-state index is 14.9. The number of likely N-dealkylation sites (tertiary alicyclic amines) is 1. The molecule has 4 aromatic carbocycles. The summed E-state index contributed by atoms with van der Waals surface area (Å²) in [5, 5.41) is 3.44. The van der Waals surface area contributed by atoms with Crippen LogP contribution in [0, 0.1) is 11.3 Å². The molecule has 1 saturated heterocycles. The lowest BCUT2D eigenvalue weighted by molar-refractivity contribution is -0.140. The zero-order chi connectivity index (χ0) is 29.6. The van der Waals surface area contributed by atoms with Gasteiger partial charge >= 0.3 is 0 Å². The Bertz CT molecular complexity index is 1650. The first kappa shape index (κ1) is 27.5. The Morgan fingerprint density at radius 3 is 2.35 bits per heavy atom. The molecule has 2 bridgehead atoms. The lowest BCUT2D eigenvalue weighted by Crippen LogP contribution is -2.62. The number of hydrogen-bond acceptors (Lipinski definition) is 3. The number of ether oxygens (including phenoxy) is 1. The standard InChI is InChI=1S/C38H38N2O3/c1-26(27-13-5-3-6-14-27)39-36(42)38-25-40(35(41)23-28-15-9-12-20-33(28)43-2)24-34(38)37(29-16-7-4-8-17-29)22-21-32(38)30-18-10-11-19-31(30)37/h3-20,26,32,34H,21-25H2,1-2H3,(H,39,42)/t26-,32-,34-,37-,38-/m1/s1. The third kappa shape index (κ3) is 4.20. The molecule has 1 aliphatic heterocycles. The van der Waals surface area contributed by atoms with E-state index in [4.69, 9.17) is 4.74 Å². The number of nitrogens with one attached hydrogen (secondary N) is 1. The summed E-state index contributed by atoms with van der Waals surface area (Å²) < 4.78 is 5.57. The van der Waals surface area contributed by atoms with E-state index in [-0.39, 0.29) is 41.5 Å². The van der Waals surface area contributed by atoms with Gasteiger partial charge in [-0.1, -0.05) is 103 Å². The molecular formula is C38H38N2O3. The van der Waals surface area contributed by atoms with E-state index in [2.05, 4.69) is 79.0 Å². The molecule has 8 rings (SSSR count). The van der Waals surface area contributed by atoms with Gasteiger partial charge in [0.25, 0.3) is 0 Å². The number of carbonyl (C=O) groups is 2. The molecule has 0 unspecified atom stereocenters. The Morgan fingerprint density at radius 1 is 0.907 bits per heavy atom. The number of methoxy groups -OCH3 is 1. The molecule has 2 fully saturated rings. The molecule has 5 atom stereocenters. The van der Waals surface area contributed by atoms with Crippen LogP contribution in [0.25, 0.3) is 0 Å². The quantitative estimate of drug-likeness (QED) is 0.278. The first-order chi connectivity index (χ1) is 21.0.